The van der Waals surface area contributed by atoms with Crippen LogP contribution in [0.3, 0.4) is 0 Å². The van der Waals surface area contributed by atoms with E-state index in [1.165, 1.54) is 12.8 Å². The molecule has 1 aliphatic carbocycles. The fraction of sp³-hybridized carbons (Fsp3) is 0.400. The van der Waals surface area contributed by atoms with E-state index in [4.69, 9.17) is 5.11 Å². The third-order valence-electron chi connectivity index (χ3n) is 2.92. The van der Waals surface area contributed by atoms with Crippen molar-refractivity contribution in [3.05, 3.63) is 29.3 Å². The molecule has 2 N–H and O–H groups in total. The molecule has 0 spiro atoms. The van der Waals surface area contributed by atoms with Crippen molar-refractivity contribution in [3.63, 3.8) is 0 Å². The Morgan fingerprint density at radius 1 is 1.50 bits per heavy atom. The Balaban J connectivity index is 2.12. The van der Waals surface area contributed by atoms with Gasteiger partial charge in [0.1, 0.15) is 6.61 Å². The maximum absolute atomic E-state index is 11.8. The number of aliphatic hydroxyl groups is 1. The van der Waals surface area contributed by atoms with Crippen LogP contribution in [0.1, 0.15) is 30.4 Å². The molecule has 1 aromatic rings. The van der Waals surface area contributed by atoms with Gasteiger partial charge < -0.3 is 10.4 Å². The van der Waals surface area contributed by atoms with Crippen LogP contribution in [-0.2, 0) is 4.79 Å². The standard InChI is InChI=1S/C15H17NO2/c1-11-4-7-14(13(9-11)3-2-8-17)16-15(18)10-12-5-6-12/h4,7,9,12,17H,5-6,8,10H2,1H3,(H,16,18). The number of hydrogen-bond donors (Lipinski definition) is 2. The van der Waals surface area contributed by atoms with Gasteiger partial charge in [0.25, 0.3) is 0 Å². The summed E-state index contributed by atoms with van der Waals surface area (Å²) in [6.45, 7) is 1.79. The molecule has 3 heteroatoms. The largest absolute Gasteiger partial charge is 0.384 e. The van der Waals surface area contributed by atoms with Crippen LogP contribution in [0, 0.1) is 24.7 Å². The Hall–Kier alpha value is -1.79. The molecule has 1 amide bonds. The summed E-state index contributed by atoms with van der Waals surface area (Å²) >= 11 is 0. The summed E-state index contributed by atoms with van der Waals surface area (Å²) in [7, 11) is 0. The van der Waals surface area contributed by atoms with Crippen LogP contribution in [0.15, 0.2) is 18.2 Å². The predicted octanol–water partition coefficient (Wildman–Crippen LogP) is 2.08. The van der Waals surface area contributed by atoms with Crippen LogP contribution in [-0.4, -0.2) is 17.6 Å². The lowest BCUT2D eigenvalue weighted by Gasteiger charge is -2.08. The van der Waals surface area contributed by atoms with Crippen molar-refractivity contribution in [2.24, 2.45) is 5.92 Å². The Bertz CT molecular complexity index is 507. The third-order valence-corrected chi connectivity index (χ3v) is 2.92. The number of rotatable bonds is 3. The molecule has 0 heterocycles. The number of amides is 1. The summed E-state index contributed by atoms with van der Waals surface area (Å²) in [4.78, 5) is 11.8. The molecule has 0 aliphatic heterocycles. The second-order valence-corrected chi connectivity index (χ2v) is 4.70. The summed E-state index contributed by atoms with van der Waals surface area (Å²) in [5, 5.41) is 11.6. The summed E-state index contributed by atoms with van der Waals surface area (Å²) in [6, 6.07) is 5.72. The lowest BCUT2D eigenvalue weighted by atomic mass is 10.1. The molecule has 94 valence electrons. The number of hydrogen-bond acceptors (Lipinski definition) is 2. The number of aryl methyl sites for hydroxylation is 1. The van der Waals surface area contributed by atoms with Gasteiger partial charge in [-0.1, -0.05) is 17.9 Å². The molecule has 2 rings (SSSR count). The molecule has 1 fully saturated rings. The topological polar surface area (TPSA) is 49.3 Å². The Morgan fingerprint density at radius 2 is 2.28 bits per heavy atom. The smallest absolute Gasteiger partial charge is 0.224 e. The molecule has 0 atom stereocenters. The predicted molar refractivity (Wildman–Crippen MR) is 71.1 cm³/mol. The first kappa shape index (κ1) is 12.7. The van der Waals surface area contributed by atoms with Crippen molar-refractivity contribution < 1.29 is 9.90 Å². The van der Waals surface area contributed by atoms with Gasteiger partial charge in [-0.15, -0.1) is 0 Å². The number of carbonyl (C=O) groups excluding carboxylic acids is 1. The van der Waals surface area contributed by atoms with E-state index in [9.17, 15) is 4.79 Å². The van der Waals surface area contributed by atoms with E-state index in [1.807, 2.05) is 25.1 Å². The van der Waals surface area contributed by atoms with E-state index in [-0.39, 0.29) is 12.5 Å². The van der Waals surface area contributed by atoms with E-state index >= 15 is 0 Å². The van der Waals surface area contributed by atoms with Gasteiger partial charge in [0, 0.05) is 12.0 Å². The van der Waals surface area contributed by atoms with Crippen LogP contribution in [0.25, 0.3) is 0 Å². The van der Waals surface area contributed by atoms with Crippen LogP contribution in [0.4, 0.5) is 5.69 Å². The molecule has 0 aromatic heterocycles. The summed E-state index contributed by atoms with van der Waals surface area (Å²) in [6.07, 6.45) is 2.93. The van der Waals surface area contributed by atoms with Crippen molar-refractivity contribution in [3.8, 4) is 11.8 Å². The second-order valence-electron chi connectivity index (χ2n) is 4.70. The summed E-state index contributed by atoms with van der Waals surface area (Å²) < 4.78 is 0. The summed E-state index contributed by atoms with van der Waals surface area (Å²) in [5.41, 5.74) is 2.57. The third kappa shape index (κ3) is 3.61. The number of carbonyl (C=O) groups is 1. The molecular weight excluding hydrogens is 226 g/mol. The number of benzene rings is 1. The molecule has 18 heavy (non-hydrogen) atoms. The Labute approximate surface area is 107 Å². The highest BCUT2D eigenvalue weighted by Gasteiger charge is 2.24. The fourth-order valence-electron chi connectivity index (χ4n) is 1.79. The van der Waals surface area contributed by atoms with Gasteiger partial charge in [0.05, 0.1) is 5.69 Å². The zero-order valence-electron chi connectivity index (χ0n) is 10.5. The van der Waals surface area contributed by atoms with Crippen LogP contribution in [0.2, 0.25) is 0 Å². The van der Waals surface area contributed by atoms with Crippen LogP contribution < -0.4 is 5.32 Å². The molecular formula is C15H17NO2. The Morgan fingerprint density at radius 3 is 2.94 bits per heavy atom. The monoisotopic (exact) mass is 243 g/mol. The lowest BCUT2D eigenvalue weighted by molar-refractivity contribution is -0.116. The SMILES string of the molecule is Cc1ccc(NC(=O)CC2CC2)c(C#CCO)c1. The average molecular weight is 243 g/mol. The maximum atomic E-state index is 11.8. The highest BCUT2D eigenvalue weighted by atomic mass is 16.2. The van der Waals surface area contributed by atoms with Gasteiger partial charge in [-0.05, 0) is 43.4 Å². The molecule has 1 aromatic carbocycles. The van der Waals surface area contributed by atoms with Gasteiger partial charge in [-0.25, -0.2) is 0 Å². The van der Waals surface area contributed by atoms with Gasteiger partial charge >= 0.3 is 0 Å². The summed E-state index contributed by atoms with van der Waals surface area (Å²) in [5.74, 6) is 6.10. The van der Waals surface area contributed by atoms with Gasteiger partial charge in [-0.3, -0.25) is 4.79 Å². The molecule has 0 radical (unpaired) electrons. The first-order valence-corrected chi connectivity index (χ1v) is 6.19. The second kappa shape index (κ2) is 5.70. The first-order chi connectivity index (χ1) is 8.69. The fourth-order valence-corrected chi connectivity index (χ4v) is 1.79. The van der Waals surface area contributed by atoms with Gasteiger partial charge in [0.15, 0.2) is 0 Å². The van der Waals surface area contributed by atoms with E-state index < -0.39 is 0 Å². The minimum Gasteiger partial charge on any atom is -0.384 e. The number of nitrogens with one attached hydrogen (secondary N) is 1. The van der Waals surface area contributed by atoms with E-state index in [2.05, 4.69) is 17.2 Å². The number of anilines is 1. The molecule has 0 unspecified atom stereocenters. The van der Waals surface area contributed by atoms with Crippen molar-refractivity contribution in [2.75, 3.05) is 11.9 Å². The van der Waals surface area contributed by atoms with E-state index in [0.717, 1.165) is 16.8 Å². The van der Waals surface area contributed by atoms with Crippen LogP contribution in [0.5, 0.6) is 0 Å². The Kier molecular flexibility index (Phi) is 4.01. The highest BCUT2D eigenvalue weighted by molar-refractivity contribution is 5.92. The van der Waals surface area contributed by atoms with Crippen molar-refractivity contribution in [1.82, 2.24) is 0 Å². The zero-order valence-corrected chi connectivity index (χ0v) is 10.5. The van der Waals surface area contributed by atoms with Gasteiger partial charge in [-0.2, -0.15) is 0 Å². The zero-order chi connectivity index (χ0) is 13.0. The van der Waals surface area contributed by atoms with E-state index in [1.54, 1.807) is 0 Å². The minimum absolute atomic E-state index is 0.0494. The van der Waals surface area contributed by atoms with Crippen molar-refractivity contribution in [1.29, 1.82) is 0 Å². The molecule has 1 aliphatic rings. The minimum atomic E-state index is -0.177. The van der Waals surface area contributed by atoms with Gasteiger partial charge in [0.2, 0.25) is 5.91 Å². The van der Waals surface area contributed by atoms with Crippen molar-refractivity contribution in [2.45, 2.75) is 26.2 Å². The molecule has 3 nitrogen and oxygen atoms in total. The van der Waals surface area contributed by atoms with Crippen molar-refractivity contribution >= 4 is 11.6 Å². The first-order valence-electron chi connectivity index (χ1n) is 6.19. The average Bonchev–Trinajstić information content (AvgIpc) is 3.13. The van der Waals surface area contributed by atoms with Crippen LogP contribution >= 0.6 is 0 Å². The molecule has 0 bridgehead atoms. The maximum Gasteiger partial charge on any atom is 0.224 e. The highest BCUT2D eigenvalue weighted by Crippen LogP contribution is 2.32. The molecule has 0 saturated heterocycles. The van der Waals surface area contributed by atoms with E-state index in [0.29, 0.717) is 12.3 Å². The normalized spacial score (nSPS) is 13.7. The molecule has 1 saturated carbocycles. The quantitative estimate of drug-likeness (QED) is 0.798. The lowest BCUT2D eigenvalue weighted by Crippen LogP contribution is -2.13. The number of aliphatic hydroxyl groups excluding tert-OH is 1.